The number of hydrogen-bond acceptors (Lipinski definition) is 3. The lowest BCUT2D eigenvalue weighted by Crippen LogP contribution is -2.26. The Morgan fingerprint density at radius 1 is 1.30 bits per heavy atom. The van der Waals surface area contributed by atoms with Crippen LogP contribution >= 0.6 is 0 Å². The number of nitrogens with one attached hydrogen (secondary N) is 2. The van der Waals surface area contributed by atoms with Crippen LogP contribution in [0.3, 0.4) is 0 Å². The lowest BCUT2D eigenvalue weighted by Gasteiger charge is -2.22. The molecular formula is C17H21FN4O. The number of amides is 1. The number of aromatic amines is 1. The van der Waals surface area contributed by atoms with Crippen LogP contribution in [0.5, 0.6) is 0 Å². The summed E-state index contributed by atoms with van der Waals surface area (Å²) in [7, 11) is 0. The number of H-pyrrole nitrogens is 1. The highest BCUT2D eigenvalue weighted by atomic mass is 19.1. The highest BCUT2D eigenvalue weighted by Crippen LogP contribution is 2.40. The van der Waals surface area contributed by atoms with Gasteiger partial charge in [-0.05, 0) is 37.3 Å². The van der Waals surface area contributed by atoms with Crippen molar-refractivity contribution in [2.45, 2.75) is 13.8 Å². The number of aryl methyl sites for hydroxylation is 2. The van der Waals surface area contributed by atoms with Crippen LogP contribution in [0, 0.1) is 31.5 Å². The lowest BCUT2D eigenvalue weighted by molar-refractivity contribution is 0.100. The van der Waals surface area contributed by atoms with Gasteiger partial charge in [0.25, 0.3) is 5.91 Å². The Balaban J connectivity index is 1.91. The molecule has 122 valence electrons. The number of rotatable bonds is 2. The molecule has 0 radical (unpaired) electrons. The molecule has 23 heavy (non-hydrogen) atoms. The maximum atomic E-state index is 14.9. The molecule has 6 heteroatoms. The summed E-state index contributed by atoms with van der Waals surface area (Å²) < 4.78 is 14.9. The fraction of sp³-hybridized carbons (Fsp3) is 0.471. The van der Waals surface area contributed by atoms with E-state index in [0.29, 0.717) is 23.0 Å². The summed E-state index contributed by atoms with van der Waals surface area (Å²) in [5.41, 5.74) is 8.84. The van der Waals surface area contributed by atoms with Crippen molar-refractivity contribution in [2.75, 3.05) is 31.1 Å². The smallest absolute Gasteiger partial charge is 0.250 e. The van der Waals surface area contributed by atoms with Gasteiger partial charge in [-0.25, -0.2) is 4.39 Å². The van der Waals surface area contributed by atoms with E-state index >= 15 is 0 Å². The van der Waals surface area contributed by atoms with Crippen molar-refractivity contribution >= 4 is 22.5 Å². The highest BCUT2D eigenvalue weighted by molar-refractivity contribution is 6.10. The second-order valence-electron chi connectivity index (χ2n) is 6.83. The van der Waals surface area contributed by atoms with Gasteiger partial charge in [-0.15, -0.1) is 0 Å². The Morgan fingerprint density at radius 2 is 1.96 bits per heavy atom. The molecular weight excluding hydrogens is 295 g/mol. The number of fused-ring (bicyclic) bond motifs is 2. The van der Waals surface area contributed by atoms with E-state index in [9.17, 15) is 9.18 Å². The van der Waals surface area contributed by atoms with Gasteiger partial charge in [-0.1, -0.05) is 0 Å². The third-order valence-electron chi connectivity index (χ3n) is 5.47. The Hall–Kier alpha value is -2.08. The minimum absolute atomic E-state index is 0.221. The lowest BCUT2D eigenvalue weighted by atomic mass is 10.0. The fourth-order valence-electron chi connectivity index (χ4n) is 4.14. The molecule has 5 nitrogen and oxygen atoms in total. The fourth-order valence-corrected chi connectivity index (χ4v) is 4.14. The Morgan fingerprint density at radius 3 is 2.57 bits per heavy atom. The predicted octanol–water partition coefficient (Wildman–Crippen LogP) is 1.68. The third kappa shape index (κ3) is 2.05. The molecule has 2 saturated heterocycles. The number of carbonyl (C=O) groups is 1. The summed E-state index contributed by atoms with van der Waals surface area (Å²) in [6.45, 7) is 7.59. The van der Waals surface area contributed by atoms with Crippen molar-refractivity contribution in [1.29, 1.82) is 0 Å². The first-order valence-electron chi connectivity index (χ1n) is 8.04. The molecule has 2 unspecified atom stereocenters. The van der Waals surface area contributed by atoms with E-state index in [-0.39, 0.29) is 11.4 Å². The number of benzene rings is 1. The standard InChI is InChI=1S/C17H21FN4O/c1-8-9(2)21-15-12(17(19)23)3-13(18)16(14(8)15)22-6-10-4-20-5-11(10)7-22/h3,10-11,20-21H,4-7H2,1-2H3,(H2,19,23). The van der Waals surface area contributed by atoms with Gasteiger partial charge in [0.15, 0.2) is 0 Å². The zero-order chi connectivity index (χ0) is 16.3. The van der Waals surface area contributed by atoms with E-state index in [0.717, 1.165) is 42.8 Å². The second-order valence-corrected chi connectivity index (χ2v) is 6.83. The van der Waals surface area contributed by atoms with Crippen molar-refractivity contribution in [1.82, 2.24) is 10.3 Å². The molecule has 3 heterocycles. The molecule has 2 aromatic rings. The van der Waals surface area contributed by atoms with Crippen LogP contribution in [-0.4, -0.2) is 37.1 Å². The first kappa shape index (κ1) is 14.5. The van der Waals surface area contributed by atoms with Gasteiger partial charge in [0, 0.05) is 37.3 Å². The number of aromatic nitrogens is 1. The number of nitrogens with two attached hydrogens (primary N) is 1. The maximum absolute atomic E-state index is 14.9. The number of halogens is 1. The van der Waals surface area contributed by atoms with Gasteiger partial charge in [0.1, 0.15) is 5.82 Å². The van der Waals surface area contributed by atoms with Crippen LogP contribution < -0.4 is 16.0 Å². The van der Waals surface area contributed by atoms with Crippen LogP contribution in [-0.2, 0) is 0 Å². The molecule has 0 bridgehead atoms. The van der Waals surface area contributed by atoms with Crippen molar-refractivity contribution < 1.29 is 9.18 Å². The summed E-state index contributed by atoms with van der Waals surface area (Å²) >= 11 is 0. The summed E-state index contributed by atoms with van der Waals surface area (Å²) in [6, 6.07) is 1.28. The van der Waals surface area contributed by atoms with Crippen molar-refractivity contribution in [3.05, 3.63) is 28.7 Å². The monoisotopic (exact) mass is 316 g/mol. The molecule has 0 spiro atoms. The quantitative estimate of drug-likeness (QED) is 0.789. The first-order chi connectivity index (χ1) is 11.0. The Labute approximate surface area is 134 Å². The van der Waals surface area contributed by atoms with E-state index in [1.54, 1.807) is 0 Å². The van der Waals surface area contributed by atoms with Crippen molar-refractivity contribution in [2.24, 2.45) is 17.6 Å². The third-order valence-corrected chi connectivity index (χ3v) is 5.47. The summed E-state index contributed by atoms with van der Waals surface area (Å²) in [5.74, 6) is 0.173. The average molecular weight is 316 g/mol. The summed E-state index contributed by atoms with van der Waals surface area (Å²) in [4.78, 5) is 17.0. The van der Waals surface area contributed by atoms with Crippen molar-refractivity contribution in [3.63, 3.8) is 0 Å². The largest absolute Gasteiger partial charge is 0.368 e. The predicted molar refractivity (Wildman–Crippen MR) is 88.3 cm³/mol. The van der Waals surface area contributed by atoms with Crippen molar-refractivity contribution in [3.8, 4) is 0 Å². The normalized spacial score (nSPS) is 23.7. The first-order valence-corrected chi connectivity index (χ1v) is 8.04. The molecule has 2 atom stereocenters. The van der Waals surface area contributed by atoms with Crippen LogP contribution in [0.15, 0.2) is 6.07 Å². The van der Waals surface area contributed by atoms with Crippen LogP contribution in [0.4, 0.5) is 10.1 Å². The zero-order valence-electron chi connectivity index (χ0n) is 13.4. The average Bonchev–Trinajstić information content (AvgIpc) is 3.14. The van der Waals surface area contributed by atoms with E-state index in [1.165, 1.54) is 6.07 Å². The van der Waals surface area contributed by atoms with E-state index in [4.69, 9.17) is 5.73 Å². The van der Waals surface area contributed by atoms with Gasteiger partial charge in [-0.2, -0.15) is 0 Å². The van der Waals surface area contributed by atoms with Crippen LogP contribution in [0.2, 0.25) is 0 Å². The van der Waals surface area contributed by atoms with Gasteiger partial charge < -0.3 is 20.9 Å². The minimum atomic E-state index is -0.607. The van der Waals surface area contributed by atoms with Crippen LogP contribution in [0.1, 0.15) is 21.6 Å². The maximum Gasteiger partial charge on any atom is 0.250 e. The highest BCUT2D eigenvalue weighted by Gasteiger charge is 2.38. The summed E-state index contributed by atoms with van der Waals surface area (Å²) in [6.07, 6.45) is 0. The van der Waals surface area contributed by atoms with Gasteiger partial charge in [0.2, 0.25) is 0 Å². The topological polar surface area (TPSA) is 74.2 Å². The van der Waals surface area contributed by atoms with Gasteiger partial charge >= 0.3 is 0 Å². The molecule has 4 rings (SSSR count). The Kier molecular flexibility index (Phi) is 3.13. The van der Waals surface area contributed by atoms with E-state index in [1.807, 2.05) is 13.8 Å². The van der Waals surface area contributed by atoms with Gasteiger partial charge in [-0.3, -0.25) is 4.79 Å². The SMILES string of the molecule is Cc1[nH]c2c(C(N)=O)cc(F)c(N3CC4CNCC4C3)c2c1C. The molecule has 1 aromatic heterocycles. The second kappa shape index (κ2) is 4.96. The summed E-state index contributed by atoms with van der Waals surface area (Å²) in [5, 5.41) is 4.20. The number of carbonyl (C=O) groups excluding carboxylic acids is 1. The molecule has 4 N–H and O–H groups in total. The van der Waals surface area contributed by atoms with E-state index in [2.05, 4.69) is 15.2 Å². The zero-order valence-corrected chi connectivity index (χ0v) is 13.4. The number of nitrogens with zero attached hydrogens (tertiary/aromatic N) is 1. The molecule has 2 fully saturated rings. The van der Waals surface area contributed by atoms with Crippen LogP contribution in [0.25, 0.3) is 10.9 Å². The molecule has 0 aliphatic carbocycles. The molecule has 2 aliphatic rings. The van der Waals surface area contributed by atoms with Gasteiger partial charge in [0.05, 0.1) is 16.8 Å². The number of anilines is 1. The minimum Gasteiger partial charge on any atom is -0.368 e. The Bertz CT molecular complexity index is 801. The molecule has 2 aliphatic heterocycles. The molecule has 1 amide bonds. The molecule has 1 aromatic carbocycles. The van der Waals surface area contributed by atoms with E-state index < -0.39 is 5.91 Å². The number of primary amides is 1. The molecule has 0 saturated carbocycles. The number of hydrogen-bond donors (Lipinski definition) is 3.